The highest BCUT2D eigenvalue weighted by Gasteiger charge is 2.15. The normalized spacial score (nSPS) is 12.2. The summed E-state index contributed by atoms with van der Waals surface area (Å²) in [6, 6.07) is 17.5. The summed E-state index contributed by atoms with van der Waals surface area (Å²) in [5.74, 6) is 0. The van der Waals surface area contributed by atoms with E-state index in [0.29, 0.717) is 0 Å². The van der Waals surface area contributed by atoms with Gasteiger partial charge in [0.25, 0.3) is 0 Å². The summed E-state index contributed by atoms with van der Waals surface area (Å²) in [5, 5.41) is 5.33. The molecule has 1 nitrogen and oxygen atoms in total. The third kappa shape index (κ3) is 2.01. The lowest BCUT2D eigenvalue weighted by molar-refractivity contribution is 1.49. The zero-order valence-electron chi connectivity index (χ0n) is 14.0. The molecule has 0 bridgehead atoms. The van der Waals surface area contributed by atoms with Crippen LogP contribution in [0.2, 0.25) is 0 Å². The van der Waals surface area contributed by atoms with Crippen LogP contribution in [0.15, 0.2) is 67.3 Å². The fraction of sp³-hybridized carbons (Fsp3) is 0.0435. The quantitative estimate of drug-likeness (QED) is 0.327. The Hall–Kier alpha value is -2.84. The molecule has 0 saturated heterocycles. The molecule has 0 fully saturated rings. The van der Waals surface area contributed by atoms with E-state index in [1.54, 1.807) is 0 Å². The molecule has 1 N–H and O–H groups in total. The maximum Gasteiger partial charge on any atom is 0.0472 e. The fourth-order valence-corrected chi connectivity index (χ4v) is 5.05. The van der Waals surface area contributed by atoms with Crippen LogP contribution in [0, 0.1) is 6.92 Å². The van der Waals surface area contributed by atoms with Gasteiger partial charge in [-0.25, -0.2) is 0 Å². The zero-order valence-corrected chi connectivity index (χ0v) is 14.8. The number of fused-ring (bicyclic) bond motifs is 7. The van der Waals surface area contributed by atoms with Gasteiger partial charge in [-0.3, -0.25) is 0 Å². The van der Waals surface area contributed by atoms with E-state index >= 15 is 0 Å². The number of H-pyrrole nitrogens is 1. The molecule has 5 rings (SSSR count). The molecule has 0 amide bonds. The lowest BCUT2D eigenvalue weighted by atomic mass is 10.0. The van der Waals surface area contributed by atoms with Crippen molar-refractivity contribution in [1.29, 1.82) is 0 Å². The first kappa shape index (κ1) is 14.5. The van der Waals surface area contributed by atoms with Gasteiger partial charge in [0.05, 0.1) is 0 Å². The molecular weight excluding hydrogens is 322 g/mol. The molecule has 2 heterocycles. The van der Waals surface area contributed by atoms with E-state index in [-0.39, 0.29) is 0 Å². The average Bonchev–Trinajstić information content (AvgIpc) is 3.18. The van der Waals surface area contributed by atoms with Crippen LogP contribution >= 0.6 is 11.3 Å². The third-order valence-corrected chi connectivity index (χ3v) is 6.13. The van der Waals surface area contributed by atoms with Crippen molar-refractivity contribution in [2.24, 2.45) is 0 Å². The maximum atomic E-state index is 3.81. The van der Waals surface area contributed by atoms with Gasteiger partial charge in [0.15, 0.2) is 0 Å². The van der Waals surface area contributed by atoms with E-state index in [1.807, 2.05) is 23.5 Å². The Bertz CT molecular complexity index is 1310. The molecule has 25 heavy (non-hydrogen) atoms. The van der Waals surface area contributed by atoms with Gasteiger partial charge in [-0.2, -0.15) is 0 Å². The maximum absolute atomic E-state index is 3.81. The SMILES string of the molecule is C=C/C=C\c1c(C)ccc2c1sc1ccc3[nH]c4ccccc4c3c12. The minimum atomic E-state index is 1.20. The lowest BCUT2D eigenvalue weighted by Gasteiger charge is -2.02. The largest absolute Gasteiger partial charge is 0.354 e. The average molecular weight is 339 g/mol. The number of rotatable bonds is 2. The molecule has 0 aliphatic heterocycles. The highest BCUT2D eigenvalue weighted by molar-refractivity contribution is 7.26. The lowest BCUT2D eigenvalue weighted by Crippen LogP contribution is -1.80. The van der Waals surface area contributed by atoms with E-state index < -0.39 is 0 Å². The molecule has 0 spiro atoms. The molecule has 0 atom stereocenters. The summed E-state index contributed by atoms with van der Waals surface area (Å²) < 4.78 is 2.69. The Morgan fingerprint density at radius 2 is 1.80 bits per heavy atom. The van der Waals surface area contributed by atoms with Gasteiger partial charge < -0.3 is 4.98 Å². The highest BCUT2D eigenvalue weighted by atomic mass is 32.1. The number of hydrogen-bond donors (Lipinski definition) is 1. The van der Waals surface area contributed by atoms with Crippen molar-refractivity contribution in [3.8, 4) is 0 Å². The molecule has 3 aromatic carbocycles. The van der Waals surface area contributed by atoms with Crippen molar-refractivity contribution in [3.05, 3.63) is 78.4 Å². The Morgan fingerprint density at radius 3 is 2.68 bits per heavy atom. The molecule has 5 aromatic rings. The van der Waals surface area contributed by atoms with Gasteiger partial charge in [-0.15, -0.1) is 11.3 Å². The van der Waals surface area contributed by atoms with Crippen LogP contribution in [0.3, 0.4) is 0 Å². The summed E-state index contributed by atoms with van der Waals surface area (Å²) in [4.78, 5) is 3.56. The molecule has 120 valence electrons. The second kappa shape index (κ2) is 5.33. The van der Waals surface area contributed by atoms with Crippen LogP contribution in [0.25, 0.3) is 48.1 Å². The van der Waals surface area contributed by atoms with Crippen molar-refractivity contribution in [3.63, 3.8) is 0 Å². The van der Waals surface area contributed by atoms with Gasteiger partial charge in [0.2, 0.25) is 0 Å². The molecule has 0 aliphatic carbocycles. The third-order valence-electron chi connectivity index (χ3n) is 4.93. The van der Waals surface area contributed by atoms with Crippen molar-refractivity contribution < 1.29 is 0 Å². The number of aromatic amines is 1. The molecule has 0 saturated carbocycles. The van der Waals surface area contributed by atoms with Gasteiger partial charge >= 0.3 is 0 Å². The summed E-state index contributed by atoms with van der Waals surface area (Å²) in [5.41, 5.74) is 5.00. The monoisotopic (exact) mass is 339 g/mol. The van der Waals surface area contributed by atoms with E-state index in [9.17, 15) is 0 Å². The number of thiophene rings is 1. The van der Waals surface area contributed by atoms with Gasteiger partial charge in [-0.1, -0.05) is 55.1 Å². The van der Waals surface area contributed by atoms with E-state index in [1.165, 1.54) is 53.1 Å². The number of aromatic nitrogens is 1. The van der Waals surface area contributed by atoms with E-state index in [0.717, 1.165) is 0 Å². The standard InChI is InChI=1S/C23H17NS/c1-3-4-7-15-14(2)10-11-17-22-20(25-23(15)17)13-12-19-21(22)16-8-5-6-9-18(16)24-19/h3-13,24H,1H2,2H3/b7-4-. The van der Waals surface area contributed by atoms with Crippen molar-refractivity contribution in [2.45, 2.75) is 6.92 Å². The van der Waals surface area contributed by atoms with Crippen LogP contribution in [0.4, 0.5) is 0 Å². The van der Waals surface area contributed by atoms with Crippen LogP contribution < -0.4 is 0 Å². The predicted octanol–water partition coefficient (Wildman–Crippen LogP) is 7.20. The molecule has 2 aromatic heterocycles. The fourth-order valence-electron chi connectivity index (χ4n) is 3.76. The Labute approximate surface area is 149 Å². The van der Waals surface area contributed by atoms with Gasteiger partial charge in [0.1, 0.15) is 0 Å². The van der Waals surface area contributed by atoms with Crippen LogP contribution in [0.5, 0.6) is 0 Å². The summed E-state index contributed by atoms with van der Waals surface area (Å²) in [7, 11) is 0. The van der Waals surface area contributed by atoms with Gasteiger partial charge in [-0.05, 0) is 36.2 Å². The number of hydrogen-bond acceptors (Lipinski definition) is 1. The molecule has 0 aliphatic rings. The van der Waals surface area contributed by atoms with Crippen molar-refractivity contribution in [1.82, 2.24) is 4.98 Å². The summed E-state index contributed by atoms with van der Waals surface area (Å²) >= 11 is 1.88. The second-order valence-corrected chi connectivity index (χ2v) is 7.45. The topological polar surface area (TPSA) is 15.8 Å². The Balaban J connectivity index is 2.03. The number of allylic oxidation sites excluding steroid dienone is 2. The van der Waals surface area contributed by atoms with E-state index in [4.69, 9.17) is 0 Å². The number of aryl methyl sites for hydroxylation is 1. The number of para-hydroxylation sites is 1. The van der Waals surface area contributed by atoms with Gasteiger partial charge in [0, 0.05) is 42.0 Å². The zero-order chi connectivity index (χ0) is 17.0. The van der Waals surface area contributed by atoms with Crippen LogP contribution in [-0.4, -0.2) is 4.98 Å². The Morgan fingerprint density at radius 1 is 0.920 bits per heavy atom. The summed E-state index contributed by atoms with van der Waals surface area (Å²) in [6.45, 7) is 5.98. The van der Waals surface area contributed by atoms with E-state index in [2.05, 4.69) is 73.1 Å². The first-order valence-electron chi connectivity index (χ1n) is 8.42. The van der Waals surface area contributed by atoms with Crippen LogP contribution in [-0.2, 0) is 0 Å². The minimum absolute atomic E-state index is 1.20. The van der Waals surface area contributed by atoms with Crippen molar-refractivity contribution >= 4 is 59.4 Å². The molecule has 2 heteroatoms. The number of nitrogens with one attached hydrogen (secondary N) is 1. The molecular formula is C23H17NS. The number of benzene rings is 3. The first-order chi connectivity index (χ1) is 12.3. The Kier molecular flexibility index (Phi) is 3.09. The first-order valence-corrected chi connectivity index (χ1v) is 9.24. The smallest absolute Gasteiger partial charge is 0.0472 e. The molecule has 0 radical (unpaired) electrons. The second-order valence-electron chi connectivity index (χ2n) is 6.40. The van der Waals surface area contributed by atoms with Crippen molar-refractivity contribution in [2.75, 3.05) is 0 Å². The predicted molar refractivity (Wildman–Crippen MR) is 113 cm³/mol. The molecule has 0 unspecified atom stereocenters. The summed E-state index contributed by atoms with van der Waals surface area (Å²) in [6.07, 6.45) is 6.03. The minimum Gasteiger partial charge on any atom is -0.354 e. The van der Waals surface area contributed by atoms with Crippen LogP contribution in [0.1, 0.15) is 11.1 Å². The highest BCUT2D eigenvalue weighted by Crippen LogP contribution is 2.43.